The number of H-pyrrole nitrogens is 1. The van der Waals surface area contributed by atoms with Crippen molar-refractivity contribution < 1.29 is 28.9 Å². The Hall–Kier alpha value is -8.37. The van der Waals surface area contributed by atoms with Crippen molar-refractivity contribution in [1.29, 1.82) is 0 Å². The van der Waals surface area contributed by atoms with E-state index < -0.39 is 0 Å². The third-order valence-corrected chi connectivity index (χ3v) is 10.4. The Bertz CT molecular complexity index is 3010. The quantitative estimate of drug-likeness (QED) is 0.0935. The number of benzene rings is 4. The van der Waals surface area contributed by atoms with Crippen LogP contribution in [0.2, 0.25) is 0 Å². The molecule has 0 unspecified atom stereocenters. The fourth-order valence-electron chi connectivity index (χ4n) is 7.23. The van der Waals surface area contributed by atoms with Crippen LogP contribution in [0.5, 0.6) is 5.88 Å². The average molecular weight is 959 g/mol. The second-order valence-corrected chi connectivity index (χ2v) is 16.4. The molecule has 0 atom stereocenters. The zero-order valence-corrected chi connectivity index (χ0v) is 41.4. The highest BCUT2D eigenvalue weighted by molar-refractivity contribution is 5.88. The Morgan fingerprint density at radius 2 is 0.986 bits per heavy atom. The van der Waals surface area contributed by atoms with Gasteiger partial charge in [-0.25, -0.2) is 14.3 Å². The van der Waals surface area contributed by atoms with Gasteiger partial charge in [-0.15, -0.1) is 0 Å². The Morgan fingerprint density at radius 1 is 0.535 bits per heavy atom. The number of nitrogens with zero attached hydrogens (tertiary/aromatic N) is 9. The van der Waals surface area contributed by atoms with E-state index >= 15 is 0 Å². The zero-order valence-electron chi connectivity index (χ0n) is 41.4. The molecule has 16 nitrogen and oxygen atoms in total. The molecule has 0 saturated heterocycles. The van der Waals surface area contributed by atoms with Crippen molar-refractivity contribution in [3.8, 4) is 11.6 Å². The summed E-state index contributed by atoms with van der Waals surface area (Å²) < 4.78 is 23.2. The number of hydrogen-bond donors (Lipinski definition) is 2. The summed E-state index contributed by atoms with van der Waals surface area (Å²) >= 11 is 0. The first-order chi connectivity index (χ1) is 34.4. The summed E-state index contributed by atoms with van der Waals surface area (Å²) in [6, 6.07) is 49.7. The average Bonchev–Trinajstić information content (AvgIpc) is 4.22. The van der Waals surface area contributed by atoms with Gasteiger partial charge in [0.25, 0.3) is 0 Å². The van der Waals surface area contributed by atoms with E-state index in [1.165, 1.54) is 11.1 Å². The number of aryl methyl sites for hydroxylation is 5. The number of aliphatic hydroxyl groups is 1. The molecule has 0 spiro atoms. The second-order valence-electron chi connectivity index (χ2n) is 16.4. The normalized spacial score (nSPS) is 10.5. The molecule has 71 heavy (non-hydrogen) atoms. The number of nitrogens with one attached hydrogen (secondary N) is 1. The van der Waals surface area contributed by atoms with Gasteiger partial charge in [-0.2, -0.15) is 25.5 Å². The highest BCUT2D eigenvalue weighted by Gasteiger charge is 2.16. The van der Waals surface area contributed by atoms with Crippen LogP contribution in [-0.2, 0) is 42.3 Å². The van der Waals surface area contributed by atoms with Gasteiger partial charge in [0.15, 0.2) is 5.69 Å². The van der Waals surface area contributed by atoms with Crippen molar-refractivity contribution in [2.75, 3.05) is 13.2 Å². The summed E-state index contributed by atoms with van der Waals surface area (Å²) in [7, 11) is 0. The lowest BCUT2D eigenvalue weighted by Crippen LogP contribution is -2.14. The summed E-state index contributed by atoms with van der Waals surface area (Å²) in [5, 5.41) is 33.4. The van der Waals surface area contributed by atoms with Gasteiger partial charge in [0.05, 0.1) is 79.3 Å². The maximum atomic E-state index is 11.8. The summed E-state index contributed by atoms with van der Waals surface area (Å²) in [6.07, 6.45) is 0. The van der Waals surface area contributed by atoms with Crippen LogP contribution in [0.3, 0.4) is 0 Å². The minimum absolute atomic E-state index is 0.0354. The topological polar surface area (TPSA) is 182 Å². The Balaban J connectivity index is 0.000000164. The van der Waals surface area contributed by atoms with Crippen molar-refractivity contribution in [3.05, 3.63) is 220 Å². The number of aromatic nitrogens is 10. The second kappa shape index (κ2) is 26.4. The molecule has 5 heterocycles. The van der Waals surface area contributed by atoms with E-state index in [-0.39, 0.29) is 18.5 Å². The van der Waals surface area contributed by atoms with Gasteiger partial charge in [-0.05, 0) is 102 Å². The van der Waals surface area contributed by atoms with Crippen LogP contribution < -0.4 is 4.74 Å². The van der Waals surface area contributed by atoms with Gasteiger partial charge < -0.3 is 19.3 Å². The third kappa shape index (κ3) is 15.8. The minimum Gasteiger partial charge on any atom is -0.471 e. The monoisotopic (exact) mass is 958 g/mol. The van der Waals surface area contributed by atoms with Gasteiger partial charge in [0.2, 0.25) is 5.88 Å². The Labute approximate surface area is 414 Å². The fraction of sp³-hybridized carbons (Fsp3) is 0.255. The van der Waals surface area contributed by atoms with Crippen molar-refractivity contribution in [3.63, 3.8) is 0 Å². The van der Waals surface area contributed by atoms with Crippen LogP contribution in [-0.4, -0.2) is 79.6 Å². The van der Waals surface area contributed by atoms with E-state index in [0.717, 1.165) is 63.5 Å². The van der Waals surface area contributed by atoms with Gasteiger partial charge in [0.1, 0.15) is 12.3 Å². The maximum Gasteiger partial charge on any atom is 0.358 e. The first-order valence-corrected chi connectivity index (χ1v) is 23.4. The number of carbonyl (C=O) groups is 2. The smallest absolute Gasteiger partial charge is 0.358 e. The molecule has 9 rings (SSSR count). The van der Waals surface area contributed by atoms with Crippen molar-refractivity contribution >= 4 is 11.9 Å². The SMILES string of the molecule is CCOC(=O)c1cc(C)[nH]n1.CCOC(=O)c1cc(C)nn1Cc1ccccc1.Cc1cc(CO)n(Cc2ccccc2)n1.Cc1cc(COc2cc(C)nn2-c2ccccc2)n(Cc2ccccc2)n1. The van der Waals surface area contributed by atoms with E-state index in [1.807, 2.05) is 158 Å². The van der Waals surface area contributed by atoms with E-state index in [2.05, 4.69) is 60.9 Å². The summed E-state index contributed by atoms with van der Waals surface area (Å²) in [5.41, 5.74) is 11.7. The number of ether oxygens (including phenoxy) is 3. The van der Waals surface area contributed by atoms with E-state index in [9.17, 15) is 9.59 Å². The summed E-state index contributed by atoms with van der Waals surface area (Å²) in [6.45, 7) is 16.4. The molecule has 0 bridgehead atoms. The number of hydrogen-bond acceptors (Lipinski definition) is 11. The fourth-order valence-corrected chi connectivity index (χ4v) is 7.23. The Morgan fingerprint density at radius 3 is 1.49 bits per heavy atom. The van der Waals surface area contributed by atoms with Crippen molar-refractivity contribution in [2.24, 2.45) is 0 Å². The maximum absolute atomic E-state index is 11.8. The largest absolute Gasteiger partial charge is 0.471 e. The van der Waals surface area contributed by atoms with Crippen molar-refractivity contribution in [2.45, 2.75) is 81.3 Å². The molecule has 16 heteroatoms. The number of esters is 2. The van der Waals surface area contributed by atoms with Crippen LogP contribution >= 0.6 is 0 Å². The molecule has 2 N–H and O–H groups in total. The van der Waals surface area contributed by atoms with E-state index in [1.54, 1.807) is 30.7 Å². The molecule has 0 radical (unpaired) electrons. The zero-order chi connectivity index (χ0) is 50.5. The lowest BCUT2D eigenvalue weighted by atomic mass is 10.2. The molecule has 368 valence electrons. The lowest BCUT2D eigenvalue weighted by Gasteiger charge is -2.11. The molecular weight excluding hydrogens is 897 g/mol. The molecule has 0 aliphatic rings. The molecule has 0 saturated carbocycles. The van der Waals surface area contributed by atoms with Crippen LogP contribution in [0.25, 0.3) is 5.69 Å². The van der Waals surface area contributed by atoms with Gasteiger partial charge in [-0.3, -0.25) is 19.1 Å². The molecule has 0 amide bonds. The number of aromatic amines is 1. The number of rotatable bonds is 15. The van der Waals surface area contributed by atoms with Crippen LogP contribution in [0.1, 0.15) is 91.4 Å². The Kier molecular flexibility index (Phi) is 19.3. The highest BCUT2D eigenvalue weighted by atomic mass is 16.5. The van der Waals surface area contributed by atoms with Crippen LogP contribution in [0.15, 0.2) is 152 Å². The third-order valence-electron chi connectivity index (χ3n) is 10.4. The minimum atomic E-state index is -0.378. The molecule has 0 fully saturated rings. The summed E-state index contributed by atoms with van der Waals surface area (Å²) in [4.78, 5) is 22.7. The van der Waals surface area contributed by atoms with Crippen LogP contribution in [0.4, 0.5) is 0 Å². The molecule has 4 aromatic carbocycles. The van der Waals surface area contributed by atoms with Crippen LogP contribution in [0, 0.1) is 34.6 Å². The molecular formula is C55H62N10O6. The summed E-state index contributed by atoms with van der Waals surface area (Å²) in [5.74, 6) is 0.0229. The van der Waals surface area contributed by atoms with Gasteiger partial charge in [0, 0.05) is 11.8 Å². The van der Waals surface area contributed by atoms with E-state index in [4.69, 9.17) is 19.3 Å². The molecule has 9 aromatic rings. The predicted molar refractivity (Wildman–Crippen MR) is 271 cm³/mol. The lowest BCUT2D eigenvalue weighted by molar-refractivity contribution is 0.0506. The number of aliphatic hydroxyl groups excluding tert-OH is 1. The number of carbonyl (C=O) groups excluding carboxylic acids is 2. The number of para-hydroxylation sites is 1. The molecule has 0 aliphatic heterocycles. The standard InChI is InChI=1S/C22H22N4O.C14H16N2O2.C12H14N2O.C7H10N2O2/c1-17-13-21(25(23-17)15-19-9-5-3-6-10-19)16-27-22-14-18(2)24-26(22)20-11-7-4-8-12-20;1-3-18-14(17)13-9-11(2)15-16(13)10-12-7-5-4-6-8-12;1-10-7-12(9-15)14(13-10)8-11-5-3-2-4-6-11;1-3-11-7(10)6-4-5(2)8-9-6/h3-14H,15-16H2,1-2H3;4-9H,3,10H2,1-2H3;2-7,15H,8-9H2,1H3;4H,3H2,1-2H3,(H,8,9). The first-order valence-electron chi connectivity index (χ1n) is 23.4. The highest BCUT2D eigenvalue weighted by Crippen LogP contribution is 2.21. The van der Waals surface area contributed by atoms with Crippen molar-refractivity contribution in [1.82, 2.24) is 49.3 Å². The van der Waals surface area contributed by atoms with Gasteiger partial charge >= 0.3 is 11.9 Å². The first kappa shape index (κ1) is 52.0. The predicted octanol–water partition coefficient (Wildman–Crippen LogP) is 9.36. The molecule has 0 aliphatic carbocycles. The van der Waals surface area contributed by atoms with E-state index in [0.29, 0.717) is 44.3 Å². The molecule has 5 aromatic heterocycles. The van der Waals surface area contributed by atoms with Gasteiger partial charge in [-0.1, -0.05) is 109 Å².